The Labute approximate surface area is 136 Å². The third-order valence-electron chi connectivity index (χ3n) is 3.47. The molecule has 0 aliphatic carbocycles. The van der Waals surface area contributed by atoms with Crippen LogP contribution in [0.3, 0.4) is 0 Å². The largest absolute Gasteiger partial charge is 0.354 e. The molecule has 4 heteroatoms. The Balaban J connectivity index is 1.65. The number of benzene rings is 2. The molecular formula is C19H22N2O2. The molecule has 0 fully saturated rings. The zero-order valence-electron chi connectivity index (χ0n) is 13.3. The molecule has 2 N–H and O–H groups in total. The van der Waals surface area contributed by atoms with Crippen LogP contribution in [0.25, 0.3) is 0 Å². The van der Waals surface area contributed by atoms with Crippen LogP contribution in [0.1, 0.15) is 16.7 Å². The smallest absolute Gasteiger partial charge is 0.239 e. The fourth-order valence-electron chi connectivity index (χ4n) is 2.30. The predicted molar refractivity (Wildman–Crippen MR) is 91.0 cm³/mol. The van der Waals surface area contributed by atoms with Crippen LogP contribution in [0.5, 0.6) is 0 Å². The first-order chi connectivity index (χ1) is 11.1. The summed E-state index contributed by atoms with van der Waals surface area (Å²) in [5, 5.41) is 5.45. The molecule has 120 valence electrons. The van der Waals surface area contributed by atoms with Gasteiger partial charge in [-0.05, 0) is 24.5 Å². The van der Waals surface area contributed by atoms with Crippen LogP contribution in [-0.4, -0.2) is 24.9 Å². The SMILES string of the molecule is Cc1cccc(CC(=O)NCC(=O)NCCc2ccccc2)c1. The molecule has 0 heterocycles. The van der Waals surface area contributed by atoms with Crippen LogP contribution < -0.4 is 10.6 Å². The molecule has 2 amide bonds. The van der Waals surface area contributed by atoms with Crippen molar-refractivity contribution in [3.05, 3.63) is 71.3 Å². The van der Waals surface area contributed by atoms with Gasteiger partial charge in [0.25, 0.3) is 0 Å². The highest BCUT2D eigenvalue weighted by Crippen LogP contribution is 2.04. The van der Waals surface area contributed by atoms with E-state index in [0.29, 0.717) is 13.0 Å². The third-order valence-corrected chi connectivity index (χ3v) is 3.47. The Bertz CT molecular complexity index is 653. The van der Waals surface area contributed by atoms with Crippen molar-refractivity contribution < 1.29 is 9.59 Å². The van der Waals surface area contributed by atoms with Crippen LogP contribution in [0.4, 0.5) is 0 Å². The standard InChI is InChI=1S/C19H22N2O2/c1-15-6-5-9-17(12-15)13-18(22)21-14-19(23)20-11-10-16-7-3-2-4-8-16/h2-9,12H,10-11,13-14H2,1H3,(H,20,23)(H,21,22). The summed E-state index contributed by atoms with van der Waals surface area (Å²) in [6.45, 7) is 2.57. The van der Waals surface area contributed by atoms with Crippen molar-refractivity contribution in [1.29, 1.82) is 0 Å². The van der Waals surface area contributed by atoms with Crippen LogP contribution in [-0.2, 0) is 22.4 Å². The van der Waals surface area contributed by atoms with Crippen molar-refractivity contribution in [2.45, 2.75) is 19.8 Å². The molecule has 2 aromatic rings. The molecule has 0 aromatic heterocycles. The van der Waals surface area contributed by atoms with Gasteiger partial charge in [0.05, 0.1) is 13.0 Å². The average Bonchev–Trinajstić information content (AvgIpc) is 2.54. The summed E-state index contributed by atoms with van der Waals surface area (Å²) in [5.41, 5.74) is 3.25. The van der Waals surface area contributed by atoms with Crippen LogP contribution >= 0.6 is 0 Å². The molecule has 0 aliphatic heterocycles. The number of amides is 2. The highest BCUT2D eigenvalue weighted by molar-refractivity contribution is 5.85. The molecule has 0 bridgehead atoms. The molecule has 2 rings (SSSR count). The molecule has 0 radical (unpaired) electrons. The molecule has 4 nitrogen and oxygen atoms in total. The molecule has 0 aliphatic rings. The summed E-state index contributed by atoms with van der Waals surface area (Å²) >= 11 is 0. The highest BCUT2D eigenvalue weighted by atomic mass is 16.2. The molecule has 0 saturated carbocycles. The van der Waals surface area contributed by atoms with Crippen LogP contribution in [0.15, 0.2) is 54.6 Å². The van der Waals surface area contributed by atoms with Gasteiger partial charge >= 0.3 is 0 Å². The van der Waals surface area contributed by atoms with Crippen molar-refractivity contribution in [2.75, 3.05) is 13.1 Å². The van der Waals surface area contributed by atoms with E-state index < -0.39 is 0 Å². The first-order valence-corrected chi connectivity index (χ1v) is 7.76. The fourth-order valence-corrected chi connectivity index (χ4v) is 2.30. The van der Waals surface area contributed by atoms with Crippen molar-refractivity contribution in [3.63, 3.8) is 0 Å². The summed E-state index contributed by atoms with van der Waals surface area (Å²) in [7, 11) is 0. The van der Waals surface area contributed by atoms with E-state index in [1.54, 1.807) is 0 Å². The van der Waals surface area contributed by atoms with Gasteiger partial charge in [-0.2, -0.15) is 0 Å². The molecule has 0 saturated heterocycles. The quantitative estimate of drug-likeness (QED) is 0.822. The summed E-state index contributed by atoms with van der Waals surface area (Å²) in [6, 6.07) is 17.8. The number of nitrogens with one attached hydrogen (secondary N) is 2. The van der Waals surface area contributed by atoms with Crippen LogP contribution in [0.2, 0.25) is 0 Å². The molecule has 2 aromatic carbocycles. The van der Waals surface area contributed by atoms with Crippen molar-refractivity contribution in [2.24, 2.45) is 0 Å². The minimum absolute atomic E-state index is 0.0133. The lowest BCUT2D eigenvalue weighted by Crippen LogP contribution is -2.38. The highest BCUT2D eigenvalue weighted by Gasteiger charge is 2.06. The minimum atomic E-state index is -0.168. The maximum atomic E-state index is 11.8. The number of carbonyl (C=O) groups is 2. The van der Waals surface area contributed by atoms with E-state index in [2.05, 4.69) is 10.6 Å². The van der Waals surface area contributed by atoms with Crippen LogP contribution in [0, 0.1) is 6.92 Å². The van der Waals surface area contributed by atoms with E-state index in [-0.39, 0.29) is 18.4 Å². The first kappa shape index (κ1) is 16.7. The first-order valence-electron chi connectivity index (χ1n) is 7.76. The lowest BCUT2D eigenvalue weighted by atomic mass is 10.1. The van der Waals surface area contributed by atoms with Gasteiger partial charge in [-0.25, -0.2) is 0 Å². The van der Waals surface area contributed by atoms with Gasteiger partial charge in [-0.1, -0.05) is 60.2 Å². The second kappa shape index (κ2) is 8.73. The van der Waals surface area contributed by atoms with Gasteiger partial charge in [0.2, 0.25) is 11.8 Å². The summed E-state index contributed by atoms with van der Waals surface area (Å²) in [5.74, 6) is -0.313. The zero-order valence-corrected chi connectivity index (χ0v) is 13.3. The molecule has 0 unspecified atom stereocenters. The Morgan fingerprint density at radius 2 is 1.61 bits per heavy atom. The molecular weight excluding hydrogens is 288 g/mol. The zero-order chi connectivity index (χ0) is 16.5. The Morgan fingerprint density at radius 1 is 0.870 bits per heavy atom. The predicted octanol–water partition coefficient (Wildman–Crippen LogP) is 2.01. The average molecular weight is 310 g/mol. The van der Waals surface area contributed by atoms with Gasteiger partial charge in [0, 0.05) is 6.54 Å². The lowest BCUT2D eigenvalue weighted by Gasteiger charge is -2.07. The fraction of sp³-hybridized carbons (Fsp3) is 0.263. The maximum Gasteiger partial charge on any atom is 0.239 e. The minimum Gasteiger partial charge on any atom is -0.354 e. The monoisotopic (exact) mass is 310 g/mol. The Morgan fingerprint density at radius 3 is 2.35 bits per heavy atom. The molecule has 23 heavy (non-hydrogen) atoms. The van der Waals surface area contributed by atoms with E-state index in [0.717, 1.165) is 17.5 Å². The number of hydrogen-bond acceptors (Lipinski definition) is 2. The molecule has 0 spiro atoms. The summed E-state index contributed by atoms with van der Waals surface area (Å²) < 4.78 is 0. The number of hydrogen-bond donors (Lipinski definition) is 2. The van der Waals surface area contributed by atoms with E-state index >= 15 is 0 Å². The van der Waals surface area contributed by atoms with E-state index in [9.17, 15) is 9.59 Å². The van der Waals surface area contributed by atoms with Gasteiger partial charge < -0.3 is 10.6 Å². The summed E-state index contributed by atoms with van der Waals surface area (Å²) in [4.78, 5) is 23.6. The summed E-state index contributed by atoms with van der Waals surface area (Å²) in [6.07, 6.45) is 1.07. The van der Waals surface area contributed by atoms with Gasteiger partial charge in [-0.15, -0.1) is 0 Å². The van der Waals surface area contributed by atoms with Crippen molar-refractivity contribution in [1.82, 2.24) is 10.6 Å². The maximum absolute atomic E-state index is 11.8. The topological polar surface area (TPSA) is 58.2 Å². The Hall–Kier alpha value is -2.62. The molecule has 0 atom stereocenters. The van der Waals surface area contributed by atoms with E-state index in [4.69, 9.17) is 0 Å². The van der Waals surface area contributed by atoms with Crippen molar-refractivity contribution >= 4 is 11.8 Å². The number of aryl methyl sites for hydroxylation is 1. The normalized spacial score (nSPS) is 10.1. The Kier molecular flexibility index (Phi) is 6.36. The van der Waals surface area contributed by atoms with E-state index in [1.165, 1.54) is 5.56 Å². The second-order valence-corrected chi connectivity index (χ2v) is 5.53. The van der Waals surface area contributed by atoms with E-state index in [1.807, 2.05) is 61.5 Å². The van der Waals surface area contributed by atoms with Gasteiger partial charge in [0.1, 0.15) is 0 Å². The third kappa shape index (κ3) is 6.34. The van der Waals surface area contributed by atoms with Crippen molar-refractivity contribution in [3.8, 4) is 0 Å². The lowest BCUT2D eigenvalue weighted by molar-refractivity contribution is -0.125. The van der Waals surface area contributed by atoms with Gasteiger partial charge in [0.15, 0.2) is 0 Å². The number of carbonyl (C=O) groups excluding carboxylic acids is 2. The second-order valence-electron chi connectivity index (χ2n) is 5.53. The van der Waals surface area contributed by atoms with Gasteiger partial charge in [-0.3, -0.25) is 9.59 Å². The number of rotatable bonds is 7.